The van der Waals surface area contributed by atoms with Crippen LogP contribution >= 0.6 is 11.6 Å². The summed E-state index contributed by atoms with van der Waals surface area (Å²) >= 11 is 5.81. The van der Waals surface area contributed by atoms with Gasteiger partial charge < -0.3 is 14.6 Å². The fourth-order valence-corrected chi connectivity index (χ4v) is 3.13. The molecule has 6 nitrogen and oxygen atoms in total. The van der Waals surface area contributed by atoms with E-state index in [1.54, 1.807) is 30.6 Å². The summed E-state index contributed by atoms with van der Waals surface area (Å²) in [6, 6.07) is 12.3. The predicted octanol–water partition coefficient (Wildman–Crippen LogP) is 3.78. The Bertz CT molecular complexity index is 1080. The summed E-state index contributed by atoms with van der Waals surface area (Å²) in [5.41, 5.74) is 3.05. The number of aryl methyl sites for hydroxylation is 1. The molecule has 156 valence electrons. The van der Waals surface area contributed by atoms with E-state index < -0.39 is 0 Å². The minimum absolute atomic E-state index is 0.0226. The Kier molecular flexibility index (Phi) is 7.38. The average molecular weight is 426 g/mol. The molecule has 0 radical (unpaired) electrons. The summed E-state index contributed by atoms with van der Waals surface area (Å²) in [5.74, 6) is 0.313. The fourth-order valence-electron chi connectivity index (χ4n) is 3.02. The molecule has 0 atom stereocenters. The Labute approximate surface area is 180 Å². The van der Waals surface area contributed by atoms with Crippen molar-refractivity contribution in [1.82, 2.24) is 14.9 Å². The number of pyridine rings is 2. The molecule has 0 spiro atoms. The molecule has 0 unspecified atom stereocenters. The second-order valence-electron chi connectivity index (χ2n) is 6.94. The van der Waals surface area contributed by atoms with Crippen molar-refractivity contribution < 1.29 is 9.53 Å². The molecular weight excluding hydrogens is 402 g/mol. The highest BCUT2D eigenvalue weighted by Gasteiger charge is 2.12. The van der Waals surface area contributed by atoms with Crippen molar-refractivity contribution in [2.75, 3.05) is 6.54 Å². The number of Topliss-reactive ketones (excluding diaryl/α,β-unsaturated/α-hetero) is 1. The molecule has 3 aromatic rings. The van der Waals surface area contributed by atoms with E-state index in [0.29, 0.717) is 22.0 Å². The molecule has 0 aliphatic carbocycles. The number of aromatic nitrogens is 2. The van der Waals surface area contributed by atoms with Gasteiger partial charge in [-0.1, -0.05) is 36.7 Å². The molecule has 1 aromatic carbocycles. The topological polar surface area (TPSA) is 73.2 Å². The van der Waals surface area contributed by atoms with E-state index in [1.165, 1.54) is 10.6 Å². The molecule has 3 rings (SSSR count). The van der Waals surface area contributed by atoms with Crippen molar-refractivity contribution in [3.63, 3.8) is 0 Å². The van der Waals surface area contributed by atoms with Crippen LogP contribution in [0.15, 0.2) is 59.7 Å². The lowest BCUT2D eigenvalue weighted by Crippen LogP contribution is -2.23. The number of rotatable bonds is 9. The number of ketones is 1. The number of halogens is 1. The van der Waals surface area contributed by atoms with Crippen LogP contribution in [0.3, 0.4) is 0 Å². The molecule has 7 heteroatoms. The first-order valence-corrected chi connectivity index (χ1v) is 10.1. The zero-order chi connectivity index (χ0) is 21.5. The van der Waals surface area contributed by atoms with Crippen molar-refractivity contribution in [3.05, 3.63) is 92.6 Å². The summed E-state index contributed by atoms with van der Waals surface area (Å²) in [7, 11) is 0. The number of hydrogen-bond donors (Lipinski definition) is 1. The van der Waals surface area contributed by atoms with E-state index in [4.69, 9.17) is 16.3 Å². The van der Waals surface area contributed by atoms with Gasteiger partial charge in [0.1, 0.15) is 12.4 Å². The third-order valence-corrected chi connectivity index (χ3v) is 4.85. The third-order valence-electron chi connectivity index (χ3n) is 4.63. The zero-order valence-electron chi connectivity index (χ0n) is 17.0. The average Bonchev–Trinajstić information content (AvgIpc) is 2.73. The molecule has 0 saturated heterocycles. The van der Waals surface area contributed by atoms with E-state index in [9.17, 15) is 9.59 Å². The Morgan fingerprint density at radius 2 is 2.03 bits per heavy atom. The van der Waals surface area contributed by atoms with Crippen LogP contribution in [0.25, 0.3) is 0 Å². The van der Waals surface area contributed by atoms with Crippen molar-refractivity contribution in [3.8, 4) is 5.75 Å². The van der Waals surface area contributed by atoms with E-state index in [-0.39, 0.29) is 24.5 Å². The van der Waals surface area contributed by atoms with E-state index >= 15 is 0 Å². The van der Waals surface area contributed by atoms with Crippen molar-refractivity contribution >= 4 is 17.4 Å². The maximum absolute atomic E-state index is 12.7. The van der Waals surface area contributed by atoms with Crippen molar-refractivity contribution in [2.45, 2.75) is 33.5 Å². The Hall–Kier alpha value is -2.96. The van der Waals surface area contributed by atoms with Gasteiger partial charge in [0.25, 0.3) is 5.56 Å². The smallest absolute Gasteiger partial charge is 0.254 e. The third kappa shape index (κ3) is 5.78. The highest BCUT2D eigenvalue weighted by molar-refractivity contribution is 6.30. The molecule has 0 bridgehead atoms. The number of benzene rings is 1. The molecule has 30 heavy (non-hydrogen) atoms. The van der Waals surface area contributed by atoms with Gasteiger partial charge in [-0.05, 0) is 42.8 Å². The first-order valence-electron chi connectivity index (χ1n) is 9.73. The summed E-state index contributed by atoms with van der Waals surface area (Å²) < 4.78 is 6.99. The van der Waals surface area contributed by atoms with Gasteiger partial charge in [0.15, 0.2) is 5.78 Å². The summed E-state index contributed by atoms with van der Waals surface area (Å²) in [6.07, 6.45) is 3.11. The Morgan fingerprint density at radius 3 is 2.70 bits per heavy atom. The monoisotopic (exact) mass is 425 g/mol. The van der Waals surface area contributed by atoms with E-state index in [1.807, 2.05) is 32.0 Å². The number of hydrogen-bond acceptors (Lipinski definition) is 5. The molecule has 2 heterocycles. The highest BCUT2D eigenvalue weighted by atomic mass is 35.5. The standard InChI is InChI=1S/C23H24ClN3O3/c1-3-25-12-17-4-7-21(16(2)10-17)22(28)14-27-9-8-20(11-23(27)29)30-15-19-6-5-18(24)13-26-19/h4-11,13,25H,3,12,14-15H2,1-2H3. The normalized spacial score (nSPS) is 10.8. The van der Waals surface area contributed by atoms with Crippen LogP contribution in [0.5, 0.6) is 5.75 Å². The molecule has 1 N–H and O–H groups in total. The lowest BCUT2D eigenvalue weighted by Gasteiger charge is -2.11. The summed E-state index contributed by atoms with van der Waals surface area (Å²) in [6.45, 7) is 5.81. The highest BCUT2D eigenvalue weighted by Crippen LogP contribution is 2.14. The molecule has 2 aromatic heterocycles. The number of carbonyl (C=O) groups is 1. The van der Waals surface area contributed by atoms with Crippen LogP contribution in [0.4, 0.5) is 0 Å². The molecule has 0 aliphatic rings. The first kappa shape index (κ1) is 21.7. The van der Waals surface area contributed by atoms with Gasteiger partial charge in [-0.15, -0.1) is 0 Å². The molecular formula is C23H24ClN3O3. The molecule has 0 amide bonds. The maximum Gasteiger partial charge on any atom is 0.254 e. The zero-order valence-corrected chi connectivity index (χ0v) is 17.8. The van der Waals surface area contributed by atoms with Crippen LogP contribution in [-0.2, 0) is 19.7 Å². The molecule has 0 fully saturated rings. The Balaban J connectivity index is 1.64. The molecule has 0 aliphatic heterocycles. The largest absolute Gasteiger partial charge is 0.487 e. The van der Waals surface area contributed by atoms with Crippen LogP contribution in [-0.4, -0.2) is 21.9 Å². The van der Waals surface area contributed by atoms with Crippen molar-refractivity contribution in [2.24, 2.45) is 0 Å². The second-order valence-corrected chi connectivity index (χ2v) is 7.37. The van der Waals surface area contributed by atoms with Gasteiger partial charge in [0, 0.05) is 30.6 Å². The summed E-state index contributed by atoms with van der Waals surface area (Å²) in [4.78, 5) is 29.3. The molecule has 0 saturated carbocycles. The van der Waals surface area contributed by atoms with Gasteiger partial charge in [-0.25, -0.2) is 0 Å². The van der Waals surface area contributed by atoms with Crippen LogP contribution < -0.4 is 15.6 Å². The van der Waals surface area contributed by atoms with Gasteiger partial charge >= 0.3 is 0 Å². The second kappa shape index (κ2) is 10.2. The number of carbonyl (C=O) groups excluding carboxylic acids is 1. The van der Waals surface area contributed by atoms with Crippen LogP contribution in [0.1, 0.15) is 34.1 Å². The van der Waals surface area contributed by atoms with Gasteiger partial charge in [-0.3, -0.25) is 14.6 Å². The van der Waals surface area contributed by atoms with Gasteiger partial charge in [0.05, 0.1) is 17.3 Å². The van der Waals surface area contributed by atoms with Gasteiger partial charge in [0.2, 0.25) is 0 Å². The lowest BCUT2D eigenvalue weighted by atomic mass is 10.0. The summed E-state index contributed by atoms with van der Waals surface area (Å²) in [5, 5.41) is 3.81. The maximum atomic E-state index is 12.7. The van der Waals surface area contributed by atoms with Crippen LogP contribution in [0, 0.1) is 6.92 Å². The predicted molar refractivity (Wildman–Crippen MR) is 117 cm³/mol. The van der Waals surface area contributed by atoms with Crippen LogP contribution in [0.2, 0.25) is 5.02 Å². The quantitative estimate of drug-likeness (QED) is 0.528. The lowest BCUT2D eigenvalue weighted by molar-refractivity contribution is 0.0970. The number of nitrogens with zero attached hydrogens (tertiary/aromatic N) is 2. The van der Waals surface area contributed by atoms with Gasteiger partial charge in [-0.2, -0.15) is 0 Å². The number of ether oxygens (including phenoxy) is 1. The first-order chi connectivity index (χ1) is 14.5. The minimum Gasteiger partial charge on any atom is -0.487 e. The minimum atomic E-state index is -0.300. The number of nitrogens with one attached hydrogen (secondary N) is 1. The SMILES string of the molecule is CCNCc1ccc(C(=O)Cn2ccc(OCc3ccc(Cl)cn3)cc2=O)c(C)c1. The van der Waals surface area contributed by atoms with Crippen molar-refractivity contribution in [1.29, 1.82) is 0 Å². The Morgan fingerprint density at radius 1 is 1.20 bits per heavy atom. The fraction of sp³-hybridized carbons (Fsp3) is 0.261. The van der Waals surface area contributed by atoms with E-state index in [2.05, 4.69) is 10.3 Å². The van der Waals surface area contributed by atoms with E-state index in [0.717, 1.165) is 24.2 Å².